The minimum atomic E-state index is -0.598. The quantitative estimate of drug-likeness (QED) is 0.755. The number of carbonyl (C=O) groups excluding carboxylic acids is 2. The summed E-state index contributed by atoms with van der Waals surface area (Å²) < 4.78 is 10.9. The lowest BCUT2D eigenvalue weighted by Gasteiger charge is -2.22. The lowest BCUT2D eigenvalue weighted by Crippen LogP contribution is -2.41. The van der Waals surface area contributed by atoms with Crippen molar-refractivity contribution in [3.8, 4) is 11.5 Å². The topological polar surface area (TPSA) is 101 Å². The van der Waals surface area contributed by atoms with E-state index in [0.717, 1.165) is 11.8 Å². The van der Waals surface area contributed by atoms with Crippen molar-refractivity contribution in [2.75, 3.05) is 18.5 Å². The second-order valence-corrected chi connectivity index (χ2v) is 5.75. The van der Waals surface area contributed by atoms with Crippen LogP contribution in [0, 0.1) is 5.41 Å². The zero-order valence-corrected chi connectivity index (χ0v) is 11.8. The summed E-state index contributed by atoms with van der Waals surface area (Å²) in [5.41, 5.74) is 0.572. The molecule has 21 heavy (non-hydrogen) atoms. The second-order valence-electron chi connectivity index (χ2n) is 4.54. The third-order valence-electron chi connectivity index (χ3n) is 2.99. The molecule has 3 rings (SSSR count). The number of hydrogen-bond acceptors (Lipinski definition) is 6. The number of nitrogens with one attached hydrogen (secondary N) is 3. The SMILES string of the molecule is N=C1NC(=O)CC(C(=O)Nc2ccc3c(c2)OCCO3)S1. The Morgan fingerprint density at radius 3 is 2.86 bits per heavy atom. The highest BCUT2D eigenvalue weighted by atomic mass is 32.2. The van der Waals surface area contributed by atoms with Gasteiger partial charge in [-0.3, -0.25) is 15.0 Å². The molecule has 7 nitrogen and oxygen atoms in total. The summed E-state index contributed by atoms with van der Waals surface area (Å²) in [5.74, 6) is 0.602. The predicted molar refractivity (Wildman–Crippen MR) is 77.9 cm³/mol. The molecule has 1 saturated heterocycles. The first-order chi connectivity index (χ1) is 10.1. The van der Waals surface area contributed by atoms with Crippen LogP contribution in [0.4, 0.5) is 5.69 Å². The van der Waals surface area contributed by atoms with E-state index in [1.807, 2.05) is 0 Å². The van der Waals surface area contributed by atoms with Crippen molar-refractivity contribution in [2.45, 2.75) is 11.7 Å². The van der Waals surface area contributed by atoms with Gasteiger partial charge < -0.3 is 20.1 Å². The molecule has 8 heteroatoms. The highest BCUT2D eigenvalue weighted by Crippen LogP contribution is 2.33. The van der Waals surface area contributed by atoms with E-state index in [9.17, 15) is 9.59 Å². The first kappa shape index (κ1) is 13.7. The Kier molecular flexibility index (Phi) is 3.70. The summed E-state index contributed by atoms with van der Waals surface area (Å²) >= 11 is 1.03. The summed E-state index contributed by atoms with van der Waals surface area (Å²) in [4.78, 5) is 23.5. The van der Waals surface area contributed by atoms with Crippen molar-refractivity contribution >= 4 is 34.4 Å². The number of fused-ring (bicyclic) bond motifs is 1. The third kappa shape index (κ3) is 3.10. The Bertz CT molecular complexity index is 603. The van der Waals surface area contributed by atoms with Crippen LogP contribution in [0.15, 0.2) is 18.2 Å². The standard InChI is InChI=1S/C13H13N3O4S/c14-13-16-11(17)6-10(21-13)12(18)15-7-1-2-8-9(5-7)20-4-3-19-8/h1-2,5,10H,3-4,6H2,(H,15,18)(H2,14,16,17). The van der Waals surface area contributed by atoms with Crippen LogP contribution in [0.5, 0.6) is 11.5 Å². The fourth-order valence-corrected chi connectivity index (χ4v) is 2.91. The monoisotopic (exact) mass is 307 g/mol. The smallest absolute Gasteiger partial charge is 0.238 e. The summed E-state index contributed by atoms with van der Waals surface area (Å²) in [5, 5.41) is 11.9. The van der Waals surface area contributed by atoms with Crippen LogP contribution < -0.4 is 20.1 Å². The number of amides is 2. The van der Waals surface area contributed by atoms with E-state index in [-0.39, 0.29) is 23.4 Å². The molecule has 0 aromatic heterocycles. The molecule has 0 aliphatic carbocycles. The van der Waals surface area contributed by atoms with Crippen LogP contribution in [0.25, 0.3) is 0 Å². The molecule has 0 bridgehead atoms. The van der Waals surface area contributed by atoms with Gasteiger partial charge in [0.25, 0.3) is 0 Å². The third-order valence-corrected chi connectivity index (χ3v) is 3.99. The molecule has 3 N–H and O–H groups in total. The average Bonchev–Trinajstić information content (AvgIpc) is 2.46. The molecule has 0 radical (unpaired) electrons. The number of thioether (sulfide) groups is 1. The van der Waals surface area contributed by atoms with Crippen LogP contribution in [-0.4, -0.2) is 35.4 Å². The summed E-state index contributed by atoms with van der Waals surface area (Å²) in [6.45, 7) is 0.981. The molecular formula is C13H13N3O4S. The molecule has 110 valence electrons. The zero-order chi connectivity index (χ0) is 14.8. The van der Waals surface area contributed by atoms with Gasteiger partial charge in [0.05, 0.1) is 0 Å². The number of rotatable bonds is 2. The molecule has 2 heterocycles. The minimum Gasteiger partial charge on any atom is -0.486 e. The minimum absolute atomic E-state index is 0.00595. The molecular weight excluding hydrogens is 294 g/mol. The highest BCUT2D eigenvalue weighted by molar-refractivity contribution is 8.15. The van der Waals surface area contributed by atoms with Gasteiger partial charge in [0.1, 0.15) is 18.5 Å². The van der Waals surface area contributed by atoms with Gasteiger partial charge in [0.2, 0.25) is 11.8 Å². The summed E-state index contributed by atoms with van der Waals surface area (Å²) in [6.07, 6.45) is 0.0590. The Morgan fingerprint density at radius 2 is 2.10 bits per heavy atom. The van der Waals surface area contributed by atoms with Crippen LogP contribution in [-0.2, 0) is 9.59 Å². The number of benzene rings is 1. The number of hydrogen-bond donors (Lipinski definition) is 3. The van der Waals surface area contributed by atoms with Crippen LogP contribution in [0.1, 0.15) is 6.42 Å². The lowest BCUT2D eigenvalue weighted by atomic mass is 10.2. The van der Waals surface area contributed by atoms with Crippen LogP contribution in [0.2, 0.25) is 0 Å². The average molecular weight is 307 g/mol. The van der Waals surface area contributed by atoms with E-state index in [4.69, 9.17) is 14.9 Å². The first-order valence-corrected chi connectivity index (χ1v) is 7.25. The van der Waals surface area contributed by atoms with E-state index in [1.54, 1.807) is 18.2 Å². The lowest BCUT2D eigenvalue weighted by molar-refractivity contribution is -0.123. The molecule has 0 saturated carbocycles. The molecule has 2 amide bonds. The second kappa shape index (κ2) is 5.65. The molecule has 2 aliphatic heterocycles. The molecule has 2 aliphatic rings. The van der Waals surface area contributed by atoms with Crippen molar-refractivity contribution in [3.63, 3.8) is 0 Å². The Labute approximate surface area is 124 Å². The van der Waals surface area contributed by atoms with Crippen LogP contribution in [0.3, 0.4) is 0 Å². The van der Waals surface area contributed by atoms with Crippen molar-refractivity contribution in [1.82, 2.24) is 5.32 Å². The fourth-order valence-electron chi connectivity index (χ4n) is 2.05. The van der Waals surface area contributed by atoms with Crippen molar-refractivity contribution < 1.29 is 19.1 Å². The molecule has 1 fully saturated rings. The van der Waals surface area contributed by atoms with Gasteiger partial charge in [-0.15, -0.1) is 0 Å². The van der Waals surface area contributed by atoms with Gasteiger partial charge in [-0.05, 0) is 12.1 Å². The molecule has 1 aromatic carbocycles. The van der Waals surface area contributed by atoms with Gasteiger partial charge in [0, 0.05) is 18.2 Å². The van der Waals surface area contributed by atoms with Crippen LogP contribution >= 0.6 is 11.8 Å². The van der Waals surface area contributed by atoms with Gasteiger partial charge in [-0.25, -0.2) is 0 Å². The number of anilines is 1. The van der Waals surface area contributed by atoms with E-state index >= 15 is 0 Å². The van der Waals surface area contributed by atoms with Crippen molar-refractivity contribution in [2.24, 2.45) is 0 Å². The molecule has 1 aromatic rings. The van der Waals surface area contributed by atoms with E-state index < -0.39 is 5.25 Å². The summed E-state index contributed by atoms with van der Waals surface area (Å²) in [7, 11) is 0. The highest BCUT2D eigenvalue weighted by Gasteiger charge is 2.29. The number of amidine groups is 1. The predicted octanol–water partition coefficient (Wildman–Crippen LogP) is 0.953. The van der Waals surface area contributed by atoms with Gasteiger partial charge >= 0.3 is 0 Å². The van der Waals surface area contributed by atoms with Crippen molar-refractivity contribution in [3.05, 3.63) is 18.2 Å². The maximum absolute atomic E-state index is 12.1. The normalized spacial score (nSPS) is 20.7. The maximum atomic E-state index is 12.1. The Hall–Kier alpha value is -2.22. The van der Waals surface area contributed by atoms with E-state index in [0.29, 0.717) is 30.4 Å². The Morgan fingerprint density at radius 1 is 1.33 bits per heavy atom. The van der Waals surface area contributed by atoms with Gasteiger partial charge in [-0.2, -0.15) is 0 Å². The van der Waals surface area contributed by atoms with E-state index in [2.05, 4.69) is 10.6 Å². The summed E-state index contributed by atoms with van der Waals surface area (Å²) in [6, 6.07) is 5.13. The zero-order valence-electron chi connectivity index (χ0n) is 11.0. The molecule has 0 spiro atoms. The Balaban J connectivity index is 1.69. The molecule has 1 atom stereocenters. The first-order valence-electron chi connectivity index (χ1n) is 6.37. The van der Waals surface area contributed by atoms with E-state index in [1.165, 1.54) is 0 Å². The van der Waals surface area contributed by atoms with Gasteiger partial charge in [0.15, 0.2) is 16.7 Å². The molecule has 1 unspecified atom stereocenters. The largest absolute Gasteiger partial charge is 0.486 e. The fraction of sp³-hybridized carbons (Fsp3) is 0.308. The maximum Gasteiger partial charge on any atom is 0.238 e. The number of ether oxygens (including phenoxy) is 2. The van der Waals surface area contributed by atoms with Crippen molar-refractivity contribution in [1.29, 1.82) is 5.41 Å². The number of carbonyl (C=O) groups is 2. The van der Waals surface area contributed by atoms with Gasteiger partial charge in [-0.1, -0.05) is 11.8 Å².